The van der Waals surface area contributed by atoms with E-state index in [0.717, 1.165) is 6.42 Å². The first-order valence-corrected chi connectivity index (χ1v) is 7.18. The molecule has 100 valence electrons. The minimum absolute atomic E-state index is 0.516. The van der Waals surface area contributed by atoms with E-state index in [1.807, 2.05) is 0 Å². The van der Waals surface area contributed by atoms with Gasteiger partial charge in [0.15, 0.2) is 0 Å². The Balaban J connectivity index is 2.64. The minimum atomic E-state index is 0.516. The summed E-state index contributed by atoms with van der Waals surface area (Å²) in [5.41, 5.74) is 8.68. The van der Waals surface area contributed by atoms with Crippen molar-refractivity contribution in [3.8, 4) is 0 Å². The predicted octanol–water partition coefficient (Wildman–Crippen LogP) is 5.46. The highest BCUT2D eigenvalue weighted by molar-refractivity contribution is 5.47. The van der Waals surface area contributed by atoms with Gasteiger partial charge in [0.25, 0.3) is 0 Å². The highest BCUT2D eigenvalue weighted by Crippen LogP contribution is 2.35. The molecule has 0 aliphatic carbocycles. The van der Waals surface area contributed by atoms with Gasteiger partial charge in [0.1, 0.15) is 0 Å². The summed E-state index contributed by atoms with van der Waals surface area (Å²) in [5.74, 6) is 0.516. The zero-order chi connectivity index (χ0) is 14.0. The fourth-order valence-electron chi connectivity index (χ4n) is 3.31. The molecule has 0 atom stereocenters. The van der Waals surface area contributed by atoms with Crippen LogP contribution in [0.1, 0.15) is 52.6 Å². The highest BCUT2D eigenvalue weighted by atomic mass is 14.2. The largest absolute Gasteiger partial charge is 0.0645 e. The van der Waals surface area contributed by atoms with Crippen LogP contribution in [-0.2, 0) is 0 Å². The quantitative estimate of drug-likeness (QED) is 0.680. The Morgan fingerprint density at radius 3 is 1.26 bits per heavy atom. The van der Waals surface area contributed by atoms with Gasteiger partial charge in [-0.3, -0.25) is 0 Å². The van der Waals surface area contributed by atoms with E-state index in [0.29, 0.717) is 5.92 Å². The monoisotopic (exact) mass is 252 g/mol. The van der Waals surface area contributed by atoms with Crippen molar-refractivity contribution in [1.29, 1.82) is 0 Å². The van der Waals surface area contributed by atoms with Gasteiger partial charge < -0.3 is 0 Å². The van der Waals surface area contributed by atoms with Crippen molar-refractivity contribution >= 4 is 0 Å². The Hall–Kier alpha value is -1.56. The Kier molecular flexibility index (Phi) is 4.09. The first-order chi connectivity index (χ1) is 9.06. The van der Waals surface area contributed by atoms with Gasteiger partial charge in [0.2, 0.25) is 0 Å². The van der Waals surface area contributed by atoms with Crippen LogP contribution in [0.5, 0.6) is 0 Å². The molecule has 0 nitrogen and oxygen atoms in total. The number of rotatable bonds is 3. The third-order valence-electron chi connectivity index (χ3n) is 4.19. The molecule has 19 heavy (non-hydrogen) atoms. The Morgan fingerprint density at radius 1 is 0.684 bits per heavy atom. The second-order valence-electron chi connectivity index (χ2n) is 5.57. The van der Waals surface area contributed by atoms with Gasteiger partial charge in [-0.05, 0) is 67.5 Å². The van der Waals surface area contributed by atoms with Crippen LogP contribution in [0.2, 0.25) is 0 Å². The molecule has 0 amide bonds. The molecule has 0 spiro atoms. The lowest BCUT2D eigenvalue weighted by atomic mass is 9.80. The Morgan fingerprint density at radius 2 is 1.00 bits per heavy atom. The van der Waals surface area contributed by atoms with E-state index in [-0.39, 0.29) is 0 Å². The summed E-state index contributed by atoms with van der Waals surface area (Å²) < 4.78 is 0. The summed E-state index contributed by atoms with van der Waals surface area (Å²) in [6.07, 6.45) is 1.15. The number of hydrogen-bond donors (Lipinski definition) is 0. The van der Waals surface area contributed by atoms with Crippen molar-refractivity contribution in [2.75, 3.05) is 0 Å². The van der Waals surface area contributed by atoms with Crippen molar-refractivity contribution in [3.63, 3.8) is 0 Å². The maximum Gasteiger partial charge on any atom is 0.00972 e. The molecular formula is C19H24. The van der Waals surface area contributed by atoms with Crippen LogP contribution in [0.4, 0.5) is 0 Å². The van der Waals surface area contributed by atoms with Gasteiger partial charge in [0, 0.05) is 5.92 Å². The van der Waals surface area contributed by atoms with Crippen molar-refractivity contribution < 1.29 is 0 Å². The van der Waals surface area contributed by atoms with E-state index in [1.54, 1.807) is 0 Å². The van der Waals surface area contributed by atoms with Crippen LogP contribution in [0.25, 0.3) is 0 Å². The average Bonchev–Trinajstić information content (AvgIpc) is 2.36. The van der Waals surface area contributed by atoms with E-state index in [4.69, 9.17) is 0 Å². The third kappa shape index (κ3) is 2.58. The fourth-order valence-corrected chi connectivity index (χ4v) is 3.31. The first-order valence-electron chi connectivity index (χ1n) is 7.18. The lowest BCUT2D eigenvalue weighted by Crippen LogP contribution is -2.08. The average molecular weight is 252 g/mol. The summed E-state index contributed by atoms with van der Waals surface area (Å²) in [6.45, 7) is 11.2. The van der Waals surface area contributed by atoms with E-state index >= 15 is 0 Å². The topological polar surface area (TPSA) is 0 Å². The molecule has 2 rings (SSSR count). The fraction of sp³-hybridized carbons (Fsp3) is 0.368. The molecule has 0 saturated carbocycles. The van der Waals surface area contributed by atoms with Gasteiger partial charge >= 0.3 is 0 Å². The molecule has 0 radical (unpaired) electrons. The van der Waals surface area contributed by atoms with Crippen LogP contribution < -0.4 is 0 Å². The lowest BCUT2D eigenvalue weighted by Gasteiger charge is -2.24. The van der Waals surface area contributed by atoms with Crippen LogP contribution in [0, 0.1) is 27.7 Å². The van der Waals surface area contributed by atoms with Gasteiger partial charge in [-0.25, -0.2) is 0 Å². The van der Waals surface area contributed by atoms with Crippen molar-refractivity contribution in [2.45, 2.75) is 47.0 Å². The van der Waals surface area contributed by atoms with E-state index in [2.05, 4.69) is 71.0 Å². The van der Waals surface area contributed by atoms with Crippen molar-refractivity contribution in [1.82, 2.24) is 0 Å². The third-order valence-corrected chi connectivity index (χ3v) is 4.19. The summed E-state index contributed by atoms with van der Waals surface area (Å²) in [6, 6.07) is 13.3. The van der Waals surface area contributed by atoms with Crippen LogP contribution >= 0.6 is 0 Å². The summed E-state index contributed by atoms with van der Waals surface area (Å²) >= 11 is 0. The summed E-state index contributed by atoms with van der Waals surface area (Å²) in [5, 5.41) is 0. The number of benzene rings is 2. The zero-order valence-electron chi connectivity index (χ0n) is 12.7. The van der Waals surface area contributed by atoms with Crippen LogP contribution in [0.3, 0.4) is 0 Å². The maximum absolute atomic E-state index is 2.29. The van der Waals surface area contributed by atoms with Gasteiger partial charge in [-0.15, -0.1) is 0 Å². The molecule has 0 aliphatic heterocycles. The second-order valence-corrected chi connectivity index (χ2v) is 5.57. The molecule has 0 fully saturated rings. The van der Waals surface area contributed by atoms with Crippen LogP contribution in [-0.4, -0.2) is 0 Å². The Bertz CT molecular complexity index is 487. The normalized spacial score (nSPS) is 11.1. The molecule has 0 bridgehead atoms. The highest BCUT2D eigenvalue weighted by Gasteiger charge is 2.19. The molecular weight excluding hydrogens is 228 g/mol. The molecule has 0 N–H and O–H groups in total. The smallest absolute Gasteiger partial charge is 0.00972 e. The summed E-state index contributed by atoms with van der Waals surface area (Å²) in [7, 11) is 0. The molecule has 0 unspecified atom stereocenters. The molecule has 2 aromatic rings. The van der Waals surface area contributed by atoms with Crippen molar-refractivity contribution in [3.05, 3.63) is 69.8 Å². The van der Waals surface area contributed by atoms with Gasteiger partial charge in [0.05, 0.1) is 0 Å². The first kappa shape index (κ1) is 13.9. The predicted molar refractivity (Wildman–Crippen MR) is 84.0 cm³/mol. The molecule has 0 aliphatic rings. The number of aryl methyl sites for hydroxylation is 4. The molecule has 0 saturated heterocycles. The maximum atomic E-state index is 2.29. The van der Waals surface area contributed by atoms with Crippen molar-refractivity contribution in [2.24, 2.45) is 0 Å². The van der Waals surface area contributed by atoms with E-state index in [1.165, 1.54) is 33.4 Å². The lowest BCUT2D eigenvalue weighted by molar-refractivity contribution is 0.753. The van der Waals surface area contributed by atoms with E-state index < -0.39 is 0 Å². The summed E-state index contributed by atoms with van der Waals surface area (Å²) in [4.78, 5) is 0. The van der Waals surface area contributed by atoms with Crippen LogP contribution in [0.15, 0.2) is 36.4 Å². The molecule has 0 heterocycles. The minimum Gasteiger partial charge on any atom is -0.0645 e. The Labute approximate surface area is 117 Å². The second kappa shape index (κ2) is 5.61. The SMILES string of the molecule is CCC(c1c(C)cccc1C)c1c(C)cccc1C. The molecule has 2 aromatic carbocycles. The molecule has 0 heteroatoms. The van der Waals surface area contributed by atoms with Gasteiger partial charge in [-0.1, -0.05) is 43.3 Å². The standard InChI is InChI=1S/C19H24/c1-6-17(18-13(2)9-7-10-14(18)3)19-15(4)11-8-12-16(19)5/h7-12,17H,6H2,1-5H3. The molecule has 0 aromatic heterocycles. The van der Waals surface area contributed by atoms with Gasteiger partial charge in [-0.2, -0.15) is 0 Å². The van der Waals surface area contributed by atoms with E-state index in [9.17, 15) is 0 Å². The zero-order valence-corrected chi connectivity index (χ0v) is 12.7. The number of hydrogen-bond acceptors (Lipinski definition) is 0.